The lowest BCUT2D eigenvalue weighted by atomic mass is 10.5. The topological polar surface area (TPSA) is 25.8 Å². The lowest BCUT2D eigenvalue weighted by Crippen LogP contribution is -1.65. The Bertz CT molecular complexity index is 145. The molecular formula is C4H4N2S. The summed E-state index contributed by atoms with van der Waals surface area (Å²) in [5.41, 5.74) is 0.852. The van der Waals surface area contributed by atoms with Crippen molar-refractivity contribution in [1.29, 1.82) is 0 Å². The Kier molecular flexibility index (Phi) is 1.17. The van der Waals surface area contributed by atoms with E-state index in [1.54, 1.807) is 6.08 Å². The van der Waals surface area contributed by atoms with Crippen molar-refractivity contribution in [3.63, 3.8) is 0 Å². The van der Waals surface area contributed by atoms with E-state index in [2.05, 4.69) is 16.2 Å². The molecule has 1 aromatic heterocycles. The Morgan fingerprint density at radius 3 is 3.00 bits per heavy atom. The fourth-order valence-electron chi connectivity index (χ4n) is 0.261. The molecule has 2 nitrogen and oxygen atoms in total. The monoisotopic (exact) mass is 112 g/mol. The molecule has 1 aromatic rings. The third-order valence-corrected chi connectivity index (χ3v) is 1.11. The zero-order valence-corrected chi connectivity index (χ0v) is 4.48. The zero-order valence-electron chi connectivity index (χ0n) is 3.66. The van der Waals surface area contributed by atoms with Crippen molar-refractivity contribution in [2.24, 2.45) is 0 Å². The first-order valence-electron chi connectivity index (χ1n) is 1.83. The third-order valence-electron chi connectivity index (χ3n) is 0.586. The molecule has 7 heavy (non-hydrogen) atoms. The predicted molar refractivity (Wildman–Crippen MR) is 30.0 cm³/mol. The van der Waals surface area contributed by atoms with Crippen LogP contribution in [0.25, 0.3) is 6.08 Å². The summed E-state index contributed by atoms with van der Waals surface area (Å²) in [6.07, 6.45) is 1.67. The second-order valence-electron chi connectivity index (χ2n) is 1.03. The van der Waals surface area contributed by atoms with Crippen molar-refractivity contribution >= 4 is 17.6 Å². The van der Waals surface area contributed by atoms with Crippen molar-refractivity contribution in [1.82, 2.24) is 9.59 Å². The van der Waals surface area contributed by atoms with Gasteiger partial charge in [0.15, 0.2) is 0 Å². The average molecular weight is 112 g/mol. The Morgan fingerprint density at radius 1 is 1.86 bits per heavy atom. The Morgan fingerprint density at radius 2 is 2.71 bits per heavy atom. The smallest absolute Gasteiger partial charge is 0.0976 e. The maximum absolute atomic E-state index is 3.69. The van der Waals surface area contributed by atoms with Gasteiger partial charge in [-0.1, -0.05) is 11.1 Å². The summed E-state index contributed by atoms with van der Waals surface area (Å²) >= 11 is 1.33. The molecule has 0 saturated carbocycles. The van der Waals surface area contributed by atoms with Crippen molar-refractivity contribution in [2.75, 3.05) is 0 Å². The van der Waals surface area contributed by atoms with Crippen molar-refractivity contribution < 1.29 is 0 Å². The number of rotatable bonds is 1. The van der Waals surface area contributed by atoms with E-state index in [4.69, 9.17) is 0 Å². The van der Waals surface area contributed by atoms with Gasteiger partial charge in [0.25, 0.3) is 0 Å². The molecule has 0 aliphatic carbocycles. The van der Waals surface area contributed by atoms with E-state index in [0.717, 1.165) is 5.69 Å². The lowest BCUT2D eigenvalue weighted by Gasteiger charge is -1.67. The first kappa shape index (κ1) is 4.46. The number of aromatic nitrogens is 2. The van der Waals surface area contributed by atoms with Crippen LogP contribution in [0.4, 0.5) is 0 Å². The van der Waals surface area contributed by atoms with Gasteiger partial charge >= 0.3 is 0 Å². The fraction of sp³-hybridized carbons (Fsp3) is 0. The summed E-state index contributed by atoms with van der Waals surface area (Å²) in [5.74, 6) is 0. The molecule has 1 heterocycles. The largest absolute Gasteiger partial charge is 0.139 e. The van der Waals surface area contributed by atoms with Crippen LogP contribution in [0, 0.1) is 0 Å². The van der Waals surface area contributed by atoms with Crippen molar-refractivity contribution in [3.8, 4) is 0 Å². The zero-order chi connectivity index (χ0) is 5.11. The van der Waals surface area contributed by atoms with E-state index in [9.17, 15) is 0 Å². The van der Waals surface area contributed by atoms with Gasteiger partial charge in [0.1, 0.15) is 0 Å². The number of hydrogen-bond donors (Lipinski definition) is 0. The quantitative estimate of drug-likeness (QED) is 0.545. The van der Waals surface area contributed by atoms with Crippen LogP contribution in [0.1, 0.15) is 5.69 Å². The molecule has 0 bridgehead atoms. The highest BCUT2D eigenvalue weighted by molar-refractivity contribution is 7.03. The lowest BCUT2D eigenvalue weighted by molar-refractivity contribution is 1.14. The molecule has 0 aliphatic heterocycles. The summed E-state index contributed by atoms with van der Waals surface area (Å²) in [7, 11) is 0. The second kappa shape index (κ2) is 1.84. The van der Waals surface area contributed by atoms with E-state index in [-0.39, 0.29) is 0 Å². The van der Waals surface area contributed by atoms with Crippen LogP contribution in [0.5, 0.6) is 0 Å². The molecular weight excluding hydrogens is 108 g/mol. The van der Waals surface area contributed by atoms with Crippen LogP contribution >= 0.6 is 11.5 Å². The molecule has 1 rings (SSSR count). The van der Waals surface area contributed by atoms with Gasteiger partial charge < -0.3 is 0 Å². The predicted octanol–water partition coefficient (Wildman–Crippen LogP) is 1.18. The molecule has 0 atom stereocenters. The fourth-order valence-corrected chi connectivity index (χ4v) is 0.701. The molecule has 0 unspecified atom stereocenters. The molecule has 0 aliphatic rings. The molecule has 0 N–H and O–H groups in total. The molecule has 0 radical (unpaired) electrons. The molecule has 0 aromatic carbocycles. The number of nitrogens with zero attached hydrogens (tertiary/aromatic N) is 2. The van der Waals surface area contributed by atoms with Crippen LogP contribution in [-0.2, 0) is 0 Å². The summed E-state index contributed by atoms with van der Waals surface area (Å²) in [6, 6.07) is 0. The Labute approximate surface area is 45.7 Å². The standard InChI is InChI=1S/C4H4N2S/c1-2-4-3-7-6-5-4/h2-3H,1H2. The van der Waals surface area contributed by atoms with Crippen molar-refractivity contribution in [3.05, 3.63) is 17.7 Å². The van der Waals surface area contributed by atoms with E-state index >= 15 is 0 Å². The number of hydrogen-bond acceptors (Lipinski definition) is 3. The van der Waals surface area contributed by atoms with E-state index in [0.29, 0.717) is 0 Å². The summed E-state index contributed by atoms with van der Waals surface area (Å²) in [4.78, 5) is 0. The maximum atomic E-state index is 3.69. The highest BCUT2D eigenvalue weighted by Gasteiger charge is 1.82. The highest BCUT2D eigenvalue weighted by Crippen LogP contribution is 1.95. The molecule has 0 saturated heterocycles. The normalized spacial score (nSPS) is 8.57. The minimum atomic E-state index is 0.852. The Hall–Kier alpha value is -0.700. The minimum absolute atomic E-state index is 0.852. The highest BCUT2D eigenvalue weighted by atomic mass is 32.1. The van der Waals surface area contributed by atoms with E-state index < -0.39 is 0 Å². The van der Waals surface area contributed by atoms with Gasteiger partial charge in [-0.2, -0.15) is 0 Å². The first-order valence-corrected chi connectivity index (χ1v) is 2.66. The molecule has 0 spiro atoms. The van der Waals surface area contributed by atoms with Gasteiger partial charge in [-0.15, -0.1) is 5.10 Å². The van der Waals surface area contributed by atoms with E-state index in [1.807, 2.05) is 5.38 Å². The van der Waals surface area contributed by atoms with Gasteiger partial charge in [-0.25, -0.2) is 0 Å². The first-order chi connectivity index (χ1) is 3.43. The van der Waals surface area contributed by atoms with Gasteiger partial charge in [0, 0.05) is 5.38 Å². The van der Waals surface area contributed by atoms with Crippen LogP contribution < -0.4 is 0 Å². The third kappa shape index (κ3) is 0.838. The summed E-state index contributed by atoms with van der Waals surface area (Å²) in [6.45, 7) is 3.51. The summed E-state index contributed by atoms with van der Waals surface area (Å²) in [5, 5.41) is 5.53. The van der Waals surface area contributed by atoms with Gasteiger partial charge in [-0.05, 0) is 17.6 Å². The molecule has 36 valence electrons. The summed E-state index contributed by atoms with van der Waals surface area (Å²) < 4.78 is 3.61. The Balaban J connectivity index is 2.96. The van der Waals surface area contributed by atoms with Gasteiger partial charge in [0.05, 0.1) is 5.69 Å². The van der Waals surface area contributed by atoms with Gasteiger partial charge in [0.2, 0.25) is 0 Å². The van der Waals surface area contributed by atoms with Crippen LogP contribution in [0.3, 0.4) is 0 Å². The van der Waals surface area contributed by atoms with Crippen LogP contribution in [0.15, 0.2) is 12.0 Å². The van der Waals surface area contributed by atoms with Gasteiger partial charge in [-0.3, -0.25) is 0 Å². The van der Waals surface area contributed by atoms with Crippen LogP contribution in [0.2, 0.25) is 0 Å². The average Bonchev–Trinajstić information content (AvgIpc) is 2.14. The molecule has 3 heteroatoms. The second-order valence-corrected chi connectivity index (χ2v) is 1.64. The maximum Gasteiger partial charge on any atom is 0.0976 e. The van der Waals surface area contributed by atoms with Crippen molar-refractivity contribution in [2.45, 2.75) is 0 Å². The molecule has 0 amide bonds. The van der Waals surface area contributed by atoms with Crippen LogP contribution in [-0.4, -0.2) is 9.59 Å². The SMILES string of the molecule is C=Cc1csnn1. The minimum Gasteiger partial charge on any atom is -0.139 e. The van der Waals surface area contributed by atoms with E-state index in [1.165, 1.54) is 11.5 Å². The molecule has 0 fully saturated rings.